The third kappa shape index (κ3) is 4.34. The van der Waals surface area contributed by atoms with Crippen molar-refractivity contribution in [3.63, 3.8) is 0 Å². The number of amides is 1. The second-order valence-electron chi connectivity index (χ2n) is 8.64. The third-order valence-corrected chi connectivity index (χ3v) is 6.91. The number of ether oxygens (including phenoxy) is 1. The quantitative estimate of drug-likeness (QED) is 0.696. The monoisotopic (exact) mass is 398 g/mol. The zero-order valence-electron chi connectivity index (χ0n) is 18.1. The van der Waals surface area contributed by atoms with Crippen molar-refractivity contribution < 1.29 is 9.53 Å². The topological polar surface area (TPSA) is 74.3 Å². The molecule has 5 heteroatoms. The molecule has 29 heavy (non-hydrogen) atoms. The van der Waals surface area contributed by atoms with Gasteiger partial charge in [-0.2, -0.15) is 0 Å². The molecule has 1 aromatic carbocycles. The highest BCUT2D eigenvalue weighted by atomic mass is 16.5. The number of aromatic nitrogens is 1. The molecule has 0 spiro atoms. The van der Waals surface area contributed by atoms with E-state index in [0.29, 0.717) is 5.92 Å². The Bertz CT molecular complexity index is 928. The molecule has 1 aliphatic rings. The summed E-state index contributed by atoms with van der Waals surface area (Å²) in [6.07, 6.45) is 5.71. The van der Waals surface area contributed by atoms with Crippen LogP contribution in [0.1, 0.15) is 76.8 Å². The van der Waals surface area contributed by atoms with E-state index in [1.54, 1.807) is 7.11 Å². The normalized spacial score (nSPS) is 17.9. The number of fused-ring (bicyclic) bond motifs is 1. The number of rotatable bonds is 8. The number of hydrogen-bond donors (Lipinski definition) is 1. The molecule has 1 saturated carbocycles. The fourth-order valence-electron chi connectivity index (χ4n) is 4.97. The maximum Gasteiger partial charge on any atom is 0.254 e. The number of carbonyl (C=O) groups is 1. The van der Waals surface area contributed by atoms with Gasteiger partial charge >= 0.3 is 0 Å². The summed E-state index contributed by atoms with van der Waals surface area (Å²) in [7, 11) is 1.63. The second kappa shape index (κ2) is 9.02. The summed E-state index contributed by atoms with van der Waals surface area (Å²) in [6.45, 7) is 6.31. The molecule has 2 N–H and O–H groups in total. The Morgan fingerprint density at radius 1 is 1.24 bits per heavy atom. The van der Waals surface area contributed by atoms with Gasteiger partial charge in [-0.05, 0) is 61.1 Å². The first-order valence-electron chi connectivity index (χ1n) is 10.9. The van der Waals surface area contributed by atoms with Crippen LogP contribution in [0.4, 0.5) is 0 Å². The van der Waals surface area contributed by atoms with E-state index in [0.717, 1.165) is 41.5 Å². The number of nitrogens with two attached hydrogens (primary N) is 1. The molecule has 0 radical (unpaired) electrons. The van der Waals surface area contributed by atoms with Crippen molar-refractivity contribution in [3.8, 4) is 5.75 Å². The van der Waals surface area contributed by atoms with Gasteiger partial charge in [0.05, 0.1) is 12.6 Å². The molecule has 1 fully saturated rings. The van der Waals surface area contributed by atoms with Gasteiger partial charge in [-0.15, -0.1) is 0 Å². The average molecular weight is 399 g/mol. The van der Waals surface area contributed by atoms with Crippen molar-refractivity contribution in [3.05, 3.63) is 40.2 Å². The molecule has 1 heterocycles. The zero-order chi connectivity index (χ0) is 21.1. The molecule has 3 atom stereocenters. The molecule has 3 rings (SSSR count). The summed E-state index contributed by atoms with van der Waals surface area (Å²) in [6, 6.07) is 7.84. The highest BCUT2D eigenvalue weighted by Crippen LogP contribution is 2.36. The lowest BCUT2D eigenvalue weighted by Gasteiger charge is -2.31. The predicted octanol–water partition coefficient (Wildman–Crippen LogP) is 4.77. The summed E-state index contributed by atoms with van der Waals surface area (Å²) in [5, 5.41) is 1.04. The van der Waals surface area contributed by atoms with E-state index in [1.165, 1.54) is 12.8 Å². The largest absolute Gasteiger partial charge is 0.497 e. The lowest BCUT2D eigenvalue weighted by Crippen LogP contribution is -2.35. The van der Waals surface area contributed by atoms with E-state index in [-0.39, 0.29) is 35.8 Å². The van der Waals surface area contributed by atoms with E-state index in [1.807, 2.05) is 22.8 Å². The SMILES string of the molecule is CCC(C)C(CC(N)=O)C(C)n1c(=O)c(C2CCCC2)cc2ccc(OC)cc21. The van der Waals surface area contributed by atoms with Crippen LogP contribution >= 0.6 is 0 Å². The van der Waals surface area contributed by atoms with E-state index >= 15 is 0 Å². The highest BCUT2D eigenvalue weighted by Gasteiger charge is 2.30. The van der Waals surface area contributed by atoms with Crippen LogP contribution in [-0.4, -0.2) is 17.6 Å². The summed E-state index contributed by atoms with van der Waals surface area (Å²) in [5.74, 6) is 1.01. The maximum absolute atomic E-state index is 13.7. The molecule has 5 nitrogen and oxygen atoms in total. The van der Waals surface area contributed by atoms with Crippen LogP contribution in [0.25, 0.3) is 10.9 Å². The van der Waals surface area contributed by atoms with Gasteiger partial charge in [0.1, 0.15) is 5.75 Å². The van der Waals surface area contributed by atoms with Gasteiger partial charge in [0, 0.05) is 24.1 Å². The van der Waals surface area contributed by atoms with Gasteiger partial charge in [0.15, 0.2) is 0 Å². The predicted molar refractivity (Wildman–Crippen MR) is 117 cm³/mol. The molecule has 0 saturated heterocycles. The van der Waals surface area contributed by atoms with Crippen molar-refractivity contribution in [2.45, 2.75) is 71.3 Å². The average Bonchev–Trinajstić information content (AvgIpc) is 3.24. The minimum Gasteiger partial charge on any atom is -0.497 e. The molecular weight excluding hydrogens is 364 g/mol. The van der Waals surface area contributed by atoms with Crippen LogP contribution in [0.2, 0.25) is 0 Å². The van der Waals surface area contributed by atoms with Crippen molar-refractivity contribution in [2.75, 3.05) is 7.11 Å². The number of primary amides is 1. The lowest BCUT2D eigenvalue weighted by atomic mass is 9.83. The summed E-state index contributed by atoms with van der Waals surface area (Å²) < 4.78 is 7.34. The van der Waals surface area contributed by atoms with Gasteiger partial charge in [-0.25, -0.2) is 0 Å². The Balaban J connectivity index is 2.22. The van der Waals surface area contributed by atoms with E-state index in [4.69, 9.17) is 10.5 Å². The van der Waals surface area contributed by atoms with Crippen molar-refractivity contribution in [2.24, 2.45) is 17.6 Å². The first-order valence-corrected chi connectivity index (χ1v) is 10.9. The van der Waals surface area contributed by atoms with Crippen LogP contribution in [-0.2, 0) is 4.79 Å². The van der Waals surface area contributed by atoms with E-state index in [2.05, 4.69) is 26.8 Å². The van der Waals surface area contributed by atoms with Gasteiger partial charge < -0.3 is 15.0 Å². The van der Waals surface area contributed by atoms with Crippen molar-refractivity contribution in [1.82, 2.24) is 4.57 Å². The van der Waals surface area contributed by atoms with Crippen molar-refractivity contribution in [1.29, 1.82) is 0 Å². The standard InChI is InChI=1S/C24H34N2O3/c1-5-15(2)20(14-23(25)27)16(3)26-22-13-19(29-4)11-10-18(22)12-21(24(26)28)17-8-6-7-9-17/h10-13,15-17,20H,5-9,14H2,1-4H3,(H2,25,27). The first-order chi connectivity index (χ1) is 13.9. The number of benzene rings is 1. The van der Waals surface area contributed by atoms with Crippen LogP contribution in [0.15, 0.2) is 29.1 Å². The Morgan fingerprint density at radius 2 is 1.93 bits per heavy atom. The van der Waals surface area contributed by atoms with Crippen LogP contribution < -0.4 is 16.0 Å². The molecule has 0 bridgehead atoms. The molecule has 0 aliphatic heterocycles. The molecular formula is C24H34N2O3. The minimum absolute atomic E-state index is 0.00318. The highest BCUT2D eigenvalue weighted by molar-refractivity contribution is 5.81. The number of pyridine rings is 1. The van der Waals surface area contributed by atoms with Gasteiger partial charge in [0.2, 0.25) is 5.91 Å². The molecule has 1 aromatic heterocycles. The van der Waals surface area contributed by atoms with Crippen molar-refractivity contribution >= 4 is 16.8 Å². The fraction of sp³-hybridized carbons (Fsp3) is 0.583. The van der Waals surface area contributed by atoms with E-state index < -0.39 is 0 Å². The Kier molecular flexibility index (Phi) is 6.66. The molecule has 3 unspecified atom stereocenters. The third-order valence-electron chi connectivity index (χ3n) is 6.91. The fourth-order valence-corrected chi connectivity index (χ4v) is 4.97. The van der Waals surface area contributed by atoms with Gasteiger partial charge in [-0.1, -0.05) is 33.1 Å². The van der Waals surface area contributed by atoms with Gasteiger partial charge in [-0.3, -0.25) is 9.59 Å². The minimum atomic E-state index is -0.316. The smallest absolute Gasteiger partial charge is 0.254 e. The first kappa shape index (κ1) is 21.4. The Morgan fingerprint density at radius 3 is 2.52 bits per heavy atom. The summed E-state index contributed by atoms with van der Waals surface area (Å²) >= 11 is 0. The number of carbonyl (C=O) groups excluding carboxylic acids is 1. The number of methoxy groups -OCH3 is 1. The molecule has 1 amide bonds. The van der Waals surface area contributed by atoms with Crippen LogP contribution in [0, 0.1) is 11.8 Å². The van der Waals surface area contributed by atoms with Crippen LogP contribution in [0.5, 0.6) is 5.75 Å². The van der Waals surface area contributed by atoms with Gasteiger partial charge in [0.25, 0.3) is 5.56 Å². The molecule has 2 aromatic rings. The number of nitrogens with zero attached hydrogens (tertiary/aromatic N) is 1. The Hall–Kier alpha value is -2.30. The zero-order valence-corrected chi connectivity index (χ0v) is 18.1. The molecule has 158 valence electrons. The summed E-state index contributed by atoms with van der Waals surface area (Å²) in [5.41, 5.74) is 7.43. The maximum atomic E-state index is 13.7. The van der Waals surface area contributed by atoms with Crippen LogP contribution in [0.3, 0.4) is 0 Å². The molecule has 1 aliphatic carbocycles. The van der Waals surface area contributed by atoms with E-state index in [9.17, 15) is 9.59 Å². The Labute approximate surface area is 173 Å². The number of hydrogen-bond acceptors (Lipinski definition) is 3. The second-order valence-corrected chi connectivity index (χ2v) is 8.64. The lowest BCUT2D eigenvalue weighted by molar-refractivity contribution is -0.119. The summed E-state index contributed by atoms with van der Waals surface area (Å²) in [4.78, 5) is 25.5.